The Labute approximate surface area is 88.9 Å². The van der Waals surface area contributed by atoms with Crippen molar-refractivity contribution in [3.05, 3.63) is 29.8 Å². The van der Waals surface area contributed by atoms with Gasteiger partial charge in [-0.3, -0.25) is 0 Å². The highest BCUT2D eigenvalue weighted by Crippen LogP contribution is 1.96. The quantitative estimate of drug-likeness (QED) is 0.508. The van der Waals surface area contributed by atoms with E-state index in [1.54, 1.807) is 24.3 Å². The minimum Gasteiger partial charge on any atom is -0.423 e. The van der Waals surface area contributed by atoms with Crippen molar-refractivity contribution in [1.82, 2.24) is 0 Å². The first kappa shape index (κ1) is 11.7. The van der Waals surface area contributed by atoms with Crippen molar-refractivity contribution in [3.8, 4) is 6.07 Å². The summed E-state index contributed by atoms with van der Waals surface area (Å²) in [7, 11) is -1.10. The molecule has 5 heteroatoms. The van der Waals surface area contributed by atoms with E-state index in [-0.39, 0.29) is 13.2 Å². The van der Waals surface area contributed by atoms with E-state index < -0.39 is 7.12 Å². The molecule has 78 valence electrons. The largest absolute Gasteiger partial charge is 0.492 e. The van der Waals surface area contributed by atoms with Gasteiger partial charge in [-0.1, -0.05) is 18.2 Å². The molecule has 0 atom stereocenters. The number of nitriles is 1. The molecule has 1 rings (SSSR count). The SMILES string of the molecule is N#Cc1ccccc1B(O)OCCCO. The Bertz CT molecular complexity index is 351. The highest BCUT2D eigenvalue weighted by molar-refractivity contribution is 6.60. The molecule has 0 unspecified atom stereocenters. The fraction of sp³-hybridized carbons (Fsp3) is 0.300. The van der Waals surface area contributed by atoms with E-state index in [2.05, 4.69) is 0 Å². The molecule has 15 heavy (non-hydrogen) atoms. The molecular weight excluding hydrogens is 193 g/mol. The molecule has 1 aromatic carbocycles. The summed E-state index contributed by atoms with van der Waals surface area (Å²) in [5.41, 5.74) is 0.854. The number of aliphatic hydroxyl groups is 1. The third kappa shape index (κ3) is 3.37. The van der Waals surface area contributed by atoms with Gasteiger partial charge in [0.15, 0.2) is 0 Å². The van der Waals surface area contributed by atoms with Crippen LogP contribution in [0.1, 0.15) is 12.0 Å². The molecule has 0 saturated carbocycles. The summed E-state index contributed by atoms with van der Waals surface area (Å²) in [4.78, 5) is 0. The molecule has 0 fully saturated rings. The van der Waals surface area contributed by atoms with E-state index in [1.807, 2.05) is 6.07 Å². The summed E-state index contributed by atoms with van der Waals surface area (Å²) < 4.78 is 5.06. The predicted molar refractivity (Wildman–Crippen MR) is 56.4 cm³/mol. The number of hydrogen-bond acceptors (Lipinski definition) is 4. The molecular formula is C10H12BNO3. The van der Waals surface area contributed by atoms with E-state index in [0.29, 0.717) is 17.4 Å². The molecule has 0 aliphatic heterocycles. The van der Waals surface area contributed by atoms with Crippen molar-refractivity contribution < 1.29 is 14.8 Å². The van der Waals surface area contributed by atoms with Crippen LogP contribution < -0.4 is 5.46 Å². The van der Waals surface area contributed by atoms with E-state index in [1.165, 1.54) is 0 Å². The van der Waals surface area contributed by atoms with Gasteiger partial charge >= 0.3 is 7.12 Å². The summed E-state index contributed by atoms with van der Waals surface area (Å²) in [6.07, 6.45) is 0.464. The lowest BCUT2D eigenvalue weighted by Gasteiger charge is -2.08. The molecule has 2 N–H and O–H groups in total. The number of hydrogen-bond donors (Lipinski definition) is 2. The van der Waals surface area contributed by atoms with E-state index in [9.17, 15) is 5.02 Å². The molecule has 0 aliphatic rings. The summed E-state index contributed by atoms with van der Waals surface area (Å²) >= 11 is 0. The van der Waals surface area contributed by atoms with E-state index in [4.69, 9.17) is 15.0 Å². The first-order chi connectivity index (χ1) is 7.29. The zero-order chi connectivity index (χ0) is 11.1. The van der Waals surface area contributed by atoms with Crippen molar-refractivity contribution in [2.45, 2.75) is 6.42 Å². The monoisotopic (exact) mass is 205 g/mol. The lowest BCUT2D eigenvalue weighted by atomic mass is 9.76. The predicted octanol–water partition coefficient (Wildman–Crippen LogP) is -0.355. The standard InChI is InChI=1S/C10H12BNO3/c12-8-9-4-1-2-5-10(9)11(14)15-7-3-6-13/h1-2,4-5,13-14H,3,6-7H2. The van der Waals surface area contributed by atoms with Crippen LogP contribution in [0.3, 0.4) is 0 Å². The Morgan fingerprint density at radius 1 is 1.40 bits per heavy atom. The van der Waals surface area contributed by atoms with Crippen LogP contribution in [0.4, 0.5) is 0 Å². The van der Waals surface area contributed by atoms with Crippen LogP contribution in [0.15, 0.2) is 24.3 Å². The van der Waals surface area contributed by atoms with Gasteiger partial charge in [0.05, 0.1) is 11.6 Å². The molecule has 0 aliphatic carbocycles. The maximum Gasteiger partial charge on any atom is 0.492 e. The lowest BCUT2D eigenvalue weighted by Crippen LogP contribution is -2.36. The number of nitrogens with zero attached hydrogens (tertiary/aromatic N) is 1. The van der Waals surface area contributed by atoms with E-state index >= 15 is 0 Å². The Morgan fingerprint density at radius 2 is 2.13 bits per heavy atom. The van der Waals surface area contributed by atoms with Gasteiger partial charge in [0, 0.05) is 13.2 Å². The topological polar surface area (TPSA) is 73.5 Å². The van der Waals surface area contributed by atoms with Crippen molar-refractivity contribution >= 4 is 12.6 Å². The van der Waals surface area contributed by atoms with Gasteiger partial charge in [-0.15, -0.1) is 0 Å². The smallest absolute Gasteiger partial charge is 0.423 e. The van der Waals surface area contributed by atoms with Crippen LogP contribution in [0.2, 0.25) is 0 Å². The highest BCUT2D eigenvalue weighted by Gasteiger charge is 2.19. The minimum absolute atomic E-state index is 0.0205. The van der Waals surface area contributed by atoms with E-state index in [0.717, 1.165) is 0 Å². The third-order valence-electron chi connectivity index (χ3n) is 1.93. The zero-order valence-electron chi connectivity index (χ0n) is 8.26. The first-order valence-electron chi connectivity index (χ1n) is 4.69. The number of aliphatic hydroxyl groups excluding tert-OH is 1. The zero-order valence-corrected chi connectivity index (χ0v) is 8.26. The second-order valence-corrected chi connectivity index (χ2v) is 3.00. The van der Waals surface area contributed by atoms with Crippen molar-refractivity contribution in [2.75, 3.05) is 13.2 Å². The number of rotatable bonds is 5. The normalized spacial score (nSPS) is 9.67. The Hall–Kier alpha value is -1.35. The molecule has 0 amide bonds. The maximum atomic E-state index is 9.60. The van der Waals surface area contributed by atoms with Gasteiger partial charge in [-0.25, -0.2) is 0 Å². The lowest BCUT2D eigenvalue weighted by molar-refractivity contribution is 0.216. The van der Waals surface area contributed by atoms with Gasteiger partial charge in [-0.2, -0.15) is 5.26 Å². The Kier molecular flexibility index (Phi) is 4.85. The molecule has 0 radical (unpaired) electrons. The molecule has 0 aromatic heterocycles. The fourth-order valence-electron chi connectivity index (χ4n) is 1.16. The second-order valence-electron chi connectivity index (χ2n) is 3.00. The molecule has 1 aromatic rings. The van der Waals surface area contributed by atoms with Gasteiger partial charge in [0.2, 0.25) is 0 Å². The van der Waals surface area contributed by atoms with Gasteiger partial charge in [0.25, 0.3) is 0 Å². The average molecular weight is 205 g/mol. The summed E-state index contributed by atoms with van der Waals surface area (Å²) in [5.74, 6) is 0. The number of benzene rings is 1. The summed E-state index contributed by atoms with van der Waals surface area (Å²) in [6, 6.07) is 8.69. The first-order valence-corrected chi connectivity index (χ1v) is 4.69. The van der Waals surface area contributed by atoms with Crippen LogP contribution in [-0.2, 0) is 4.65 Å². The van der Waals surface area contributed by atoms with Gasteiger partial charge < -0.3 is 14.8 Å². The minimum atomic E-state index is -1.10. The van der Waals surface area contributed by atoms with Crippen molar-refractivity contribution in [1.29, 1.82) is 5.26 Å². The fourth-order valence-corrected chi connectivity index (χ4v) is 1.16. The summed E-state index contributed by atoms with van der Waals surface area (Å²) in [5, 5.41) is 26.9. The molecule has 0 heterocycles. The Morgan fingerprint density at radius 3 is 2.80 bits per heavy atom. The van der Waals surface area contributed by atoms with Crippen LogP contribution in [0, 0.1) is 11.3 Å². The van der Waals surface area contributed by atoms with Crippen LogP contribution >= 0.6 is 0 Å². The highest BCUT2D eigenvalue weighted by atomic mass is 16.5. The van der Waals surface area contributed by atoms with Crippen LogP contribution in [-0.4, -0.2) is 30.5 Å². The Balaban J connectivity index is 2.65. The van der Waals surface area contributed by atoms with Crippen molar-refractivity contribution in [2.24, 2.45) is 0 Å². The third-order valence-corrected chi connectivity index (χ3v) is 1.93. The molecule has 0 spiro atoms. The van der Waals surface area contributed by atoms with Gasteiger partial charge in [-0.05, 0) is 17.9 Å². The van der Waals surface area contributed by atoms with Crippen molar-refractivity contribution in [3.63, 3.8) is 0 Å². The molecule has 0 bridgehead atoms. The summed E-state index contributed by atoms with van der Waals surface area (Å²) in [6.45, 7) is 0.282. The average Bonchev–Trinajstić information content (AvgIpc) is 2.29. The van der Waals surface area contributed by atoms with Gasteiger partial charge in [0.1, 0.15) is 0 Å². The molecule has 4 nitrogen and oxygen atoms in total. The van der Waals surface area contributed by atoms with Crippen LogP contribution in [0.25, 0.3) is 0 Å². The maximum absolute atomic E-state index is 9.60. The van der Waals surface area contributed by atoms with Crippen LogP contribution in [0.5, 0.6) is 0 Å². The molecule has 0 saturated heterocycles. The second kappa shape index (κ2) is 6.20.